The van der Waals surface area contributed by atoms with Crippen LogP contribution in [0.25, 0.3) is 6.08 Å². The first kappa shape index (κ1) is 15.0. The summed E-state index contributed by atoms with van der Waals surface area (Å²) in [4.78, 5) is 24.0. The minimum atomic E-state index is -0.346. The number of hydrazine groups is 1. The van der Waals surface area contributed by atoms with Crippen LogP contribution in [0.5, 0.6) is 0 Å². The van der Waals surface area contributed by atoms with Crippen molar-refractivity contribution in [1.82, 2.24) is 10.4 Å². The van der Waals surface area contributed by atoms with Crippen LogP contribution in [0.1, 0.15) is 18.9 Å². The molecule has 0 spiro atoms. The summed E-state index contributed by atoms with van der Waals surface area (Å²) in [6, 6.07) is 7.19. The monoisotopic (exact) mass is 326 g/mol. The molecule has 7 heteroatoms. The zero-order valence-electron chi connectivity index (χ0n) is 10.6. The predicted molar refractivity (Wildman–Crippen MR) is 84.9 cm³/mol. The highest BCUT2D eigenvalue weighted by atomic mass is 35.5. The lowest BCUT2D eigenvalue weighted by Gasteiger charge is -2.14. The third-order valence-corrected chi connectivity index (χ3v) is 4.19. The topological polar surface area (TPSA) is 49.4 Å². The highest BCUT2D eigenvalue weighted by Gasteiger charge is 2.33. The maximum atomic E-state index is 12.2. The second-order valence-electron chi connectivity index (χ2n) is 3.93. The molecule has 0 saturated carbocycles. The van der Waals surface area contributed by atoms with Gasteiger partial charge in [-0.15, -0.1) is 0 Å². The lowest BCUT2D eigenvalue weighted by molar-refractivity contribution is -0.132. The van der Waals surface area contributed by atoms with Gasteiger partial charge in [-0.1, -0.05) is 48.5 Å². The van der Waals surface area contributed by atoms with E-state index in [0.717, 1.165) is 22.3 Å². The van der Waals surface area contributed by atoms with Gasteiger partial charge in [-0.2, -0.15) is 5.01 Å². The van der Waals surface area contributed by atoms with Gasteiger partial charge in [-0.3, -0.25) is 15.0 Å². The fourth-order valence-electron chi connectivity index (χ4n) is 1.50. The summed E-state index contributed by atoms with van der Waals surface area (Å²) in [6.07, 6.45) is 1.94. The van der Waals surface area contributed by atoms with E-state index >= 15 is 0 Å². The summed E-state index contributed by atoms with van der Waals surface area (Å²) in [5, 5.41) is 1.64. The van der Waals surface area contributed by atoms with Crippen molar-refractivity contribution in [3.8, 4) is 0 Å². The van der Waals surface area contributed by atoms with Crippen LogP contribution in [-0.4, -0.2) is 21.1 Å². The number of carbonyl (C=O) groups is 2. The molecule has 1 heterocycles. The molecule has 0 radical (unpaired) electrons. The maximum absolute atomic E-state index is 12.2. The number of thioether (sulfide) groups is 1. The van der Waals surface area contributed by atoms with E-state index in [-0.39, 0.29) is 18.2 Å². The molecule has 1 aromatic carbocycles. The number of rotatable bonds is 3. The van der Waals surface area contributed by atoms with Crippen LogP contribution in [-0.2, 0) is 9.59 Å². The van der Waals surface area contributed by atoms with Crippen LogP contribution >= 0.6 is 35.6 Å². The van der Waals surface area contributed by atoms with E-state index in [2.05, 4.69) is 5.43 Å². The normalized spacial score (nSPS) is 16.9. The van der Waals surface area contributed by atoms with Crippen molar-refractivity contribution < 1.29 is 9.59 Å². The summed E-state index contributed by atoms with van der Waals surface area (Å²) < 4.78 is 0.301. The standard InChI is InChI=1S/C13H11ClN2O2S2/c1-2-11(17)15-16-12(18)10(20-13(16)19)7-8-5-3-4-6-9(8)14/h3-7H,2H2,1H3,(H,15,17)/b10-7+. The summed E-state index contributed by atoms with van der Waals surface area (Å²) >= 11 is 12.3. The highest BCUT2D eigenvalue weighted by Crippen LogP contribution is 2.32. The number of benzene rings is 1. The van der Waals surface area contributed by atoms with Gasteiger partial charge in [0.15, 0.2) is 4.32 Å². The Morgan fingerprint density at radius 3 is 2.85 bits per heavy atom. The van der Waals surface area contributed by atoms with E-state index in [1.807, 2.05) is 12.1 Å². The lowest BCUT2D eigenvalue weighted by atomic mass is 10.2. The average Bonchev–Trinajstić information content (AvgIpc) is 2.69. The predicted octanol–water partition coefficient (Wildman–Crippen LogP) is 2.98. The fraction of sp³-hybridized carbons (Fsp3) is 0.154. The molecule has 0 atom stereocenters. The fourth-order valence-corrected chi connectivity index (χ4v) is 2.86. The van der Waals surface area contributed by atoms with Gasteiger partial charge in [0, 0.05) is 11.4 Å². The van der Waals surface area contributed by atoms with Gasteiger partial charge in [0.2, 0.25) is 5.91 Å². The van der Waals surface area contributed by atoms with Crippen LogP contribution in [0, 0.1) is 0 Å². The number of nitrogens with one attached hydrogen (secondary N) is 1. The third kappa shape index (κ3) is 3.20. The van der Waals surface area contributed by atoms with E-state index in [4.69, 9.17) is 23.8 Å². The maximum Gasteiger partial charge on any atom is 0.285 e. The number of hydrogen-bond donors (Lipinski definition) is 1. The largest absolute Gasteiger partial charge is 0.285 e. The van der Waals surface area contributed by atoms with Crippen LogP contribution in [0.15, 0.2) is 29.2 Å². The van der Waals surface area contributed by atoms with Gasteiger partial charge >= 0.3 is 0 Å². The first-order chi connectivity index (χ1) is 9.52. The molecule has 0 bridgehead atoms. The molecule has 1 N–H and O–H groups in total. The Hall–Kier alpha value is -1.37. The number of amides is 2. The molecule has 1 saturated heterocycles. The Morgan fingerprint density at radius 2 is 2.20 bits per heavy atom. The molecule has 2 amide bonds. The zero-order valence-corrected chi connectivity index (χ0v) is 12.9. The second kappa shape index (κ2) is 6.39. The smallest absolute Gasteiger partial charge is 0.273 e. The Morgan fingerprint density at radius 1 is 1.50 bits per heavy atom. The van der Waals surface area contributed by atoms with E-state index in [9.17, 15) is 9.59 Å². The van der Waals surface area contributed by atoms with Crippen LogP contribution in [0.2, 0.25) is 5.02 Å². The highest BCUT2D eigenvalue weighted by molar-refractivity contribution is 8.26. The van der Waals surface area contributed by atoms with Gasteiger partial charge in [-0.25, -0.2) is 0 Å². The van der Waals surface area contributed by atoms with Gasteiger partial charge in [-0.05, 0) is 29.9 Å². The molecular formula is C13H11ClN2O2S2. The van der Waals surface area contributed by atoms with Crippen molar-refractivity contribution in [2.75, 3.05) is 0 Å². The van der Waals surface area contributed by atoms with E-state index in [0.29, 0.717) is 14.2 Å². The first-order valence-electron chi connectivity index (χ1n) is 5.85. The molecule has 1 aliphatic heterocycles. The van der Waals surface area contributed by atoms with Crippen molar-refractivity contribution in [1.29, 1.82) is 0 Å². The van der Waals surface area contributed by atoms with Crippen LogP contribution in [0.3, 0.4) is 0 Å². The second-order valence-corrected chi connectivity index (χ2v) is 6.01. The molecule has 4 nitrogen and oxygen atoms in total. The van der Waals surface area contributed by atoms with Crippen LogP contribution in [0.4, 0.5) is 0 Å². The van der Waals surface area contributed by atoms with E-state index in [1.54, 1.807) is 25.1 Å². The number of halogens is 1. The quantitative estimate of drug-likeness (QED) is 0.685. The Bertz CT molecular complexity index is 616. The number of nitrogens with zero attached hydrogens (tertiary/aromatic N) is 1. The Kier molecular flexibility index (Phi) is 4.80. The molecule has 0 unspecified atom stereocenters. The third-order valence-electron chi connectivity index (χ3n) is 2.54. The average molecular weight is 327 g/mol. The molecule has 0 aliphatic carbocycles. The minimum absolute atomic E-state index is 0.264. The number of thiocarbonyl (C=S) groups is 1. The molecular weight excluding hydrogens is 316 g/mol. The van der Waals surface area contributed by atoms with Crippen molar-refractivity contribution >= 4 is 57.8 Å². The summed E-state index contributed by atoms with van der Waals surface area (Å²) in [7, 11) is 0. The van der Waals surface area contributed by atoms with Crippen molar-refractivity contribution in [3.63, 3.8) is 0 Å². The molecule has 104 valence electrons. The van der Waals surface area contributed by atoms with Gasteiger partial charge < -0.3 is 0 Å². The van der Waals surface area contributed by atoms with E-state index in [1.165, 1.54) is 0 Å². The van der Waals surface area contributed by atoms with Gasteiger partial charge in [0.1, 0.15) is 0 Å². The van der Waals surface area contributed by atoms with Gasteiger partial charge in [0.25, 0.3) is 5.91 Å². The van der Waals surface area contributed by atoms with Crippen molar-refractivity contribution in [2.45, 2.75) is 13.3 Å². The molecule has 1 fully saturated rings. The zero-order chi connectivity index (χ0) is 14.7. The van der Waals surface area contributed by atoms with Crippen molar-refractivity contribution in [2.24, 2.45) is 0 Å². The van der Waals surface area contributed by atoms with E-state index < -0.39 is 0 Å². The van der Waals surface area contributed by atoms with Crippen molar-refractivity contribution in [3.05, 3.63) is 39.8 Å². The summed E-state index contributed by atoms with van der Waals surface area (Å²) in [5.41, 5.74) is 3.20. The molecule has 20 heavy (non-hydrogen) atoms. The molecule has 1 aromatic rings. The molecule has 2 rings (SSSR count). The number of carbonyl (C=O) groups excluding carboxylic acids is 2. The van der Waals surface area contributed by atoms with Crippen LogP contribution < -0.4 is 5.43 Å². The number of hydrogen-bond acceptors (Lipinski definition) is 4. The van der Waals surface area contributed by atoms with Gasteiger partial charge in [0.05, 0.1) is 4.91 Å². The Labute approximate surface area is 131 Å². The Balaban J connectivity index is 2.24. The lowest BCUT2D eigenvalue weighted by Crippen LogP contribution is -2.44. The first-order valence-corrected chi connectivity index (χ1v) is 7.45. The summed E-state index contributed by atoms with van der Waals surface area (Å²) in [6.45, 7) is 1.70. The minimum Gasteiger partial charge on any atom is -0.273 e. The molecule has 1 aliphatic rings. The SMILES string of the molecule is CCC(=O)NN1C(=O)/C(=C\c2ccccc2Cl)SC1=S. The summed E-state index contributed by atoms with van der Waals surface area (Å²) in [5.74, 6) is -0.609. The molecule has 0 aromatic heterocycles.